The van der Waals surface area contributed by atoms with Crippen molar-refractivity contribution in [3.63, 3.8) is 0 Å². The normalized spacial score (nSPS) is 14.1. The molecule has 0 aliphatic heterocycles. The number of carbonyl (C=O) groups is 1. The number of carbonyl (C=O) groups excluding carboxylic acids is 1. The second-order valence-electron chi connectivity index (χ2n) is 4.85. The van der Waals surface area contributed by atoms with Crippen molar-refractivity contribution in [2.24, 2.45) is 11.1 Å². The Balaban J connectivity index is 3.88. The molecule has 2 heteroatoms. The van der Waals surface area contributed by atoms with Crippen molar-refractivity contribution < 1.29 is 4.79 Å². The number of ketones is 1. The summed E-state index contributed by atoms with van der Waals surface area (Å²) >= 11 is 0. The van der Waals surface area contributed by atoms with Gasteiger partial charge in [-0.1, -0.05) is 46.5 Å². The highest BCUT2D eigenvalue weighted by atomic mass is 16.1. The average molecular weight is 199 g/mol. The third kappa shape index (κ3) is 4.75. The predicted octanol–water partition coefficient (Wildman–Crippen LogP) is 2.90. The summed E-state index contributed by atoms with van der Waals surface area (Å²) in [4.78, 5) is 11.7. The third-order valence-corrected chi connectivity index (χ3v) is 2.74. The summed E-state index contributed by atoms with van der Waals surface area (Å²) in [5, 5.41) is 0. The minimum absolute atomic E-state index is 0.189. The molecule has 0 saturated carbocycles. The molecule has 0 aromatic heterocycles. The van der Waals surface area contributed by atoms with Crippen LogP contribution in [0.15, 0.2) is 0 Å². The second-order valence-corrected chi connectivity index (χ2v) is 4.85. The van der Waals surface area contributed by atoms with Crippen molar-refractivity contribution in [3.05, 3.63) is 0 Å². The molecular formula is C12H25NO. The van der Waals surface area contributed by atoms with E-state index in [0.29, 0.717) is 0 Å². The SMILES string of the molecule is CCCCCCC(C)(C)C(=O)C(C)N. The van der Waals surface area contributed by atoms with E-state index in [1.807, 2.05) is 13.8 Å². The van der Waals surface area contributed by atoms with Crippen molar-refractivity contribution >= 4 is 5.78 Å². The molecule has 2 nitrogen and oxygen atoms in total. The summed E-state index contributed by atoms with van der Waals surface area (Å²) in [7, 11) is 0. The van der Waals surface area contributed by atoms with Crippen molar-refractivity contribution in [1.82, 2.24) is 0 Å². The molecule has 0 spiro atoms. The Bertz CT molecular complexity index is 173. The Morgan fingerprint density at radius 2 is 1.86 bits per heavy atom. The highest BCUT2D eigenvalue weighted by molar-refractivity contribution is 5.88. The molecule has 0 aliphatic carbocycles. The molecule has 0 rings (SSSR count). The molecule has 84 valence electrons. The number of hydrogen-bond acceptors (Lipinski definition) is 2. The molecule has 0 amide bonds. The average Bonchev–Trinajstić information content (AvgIpc) is 2.11. The number of nitrogens with two attached hydrogens (primary N) is 1. The topological polar surface area (TPSA) is 43.1 Å². The lowest BCUT2D eigenvalue weighted by Crippen LogP contribution is -2.38. The Morgan fingerprint density at radius 3 is 2.29 bits per heavy atom. The van der Waals surface area contributed by atoms with Gasteiger partial charge in [-0.3, -0.25) is 4.79 Å². The van der Waals surface area contributed by atoms with Crippen LogP contribution in [0.25, 0.3) is 0 Å². The van der Waals surface area contributed by atoms with E-state index >= 15 is 0 Å². The van der Waals surface area contributed by atoms with Gasteiger partial charge in [0.2, 0.25) is 0 Å². The van der Waals surface area contributed by atoms with Crippen molar-refractivity contribution in [1.29, 1.82) is 0 Å². The van der Waals surface area contributed by atoms with E-state index in [-0.39, 0.29) is 17.2 Å². The summed E-state index contributed by atoms with van der Waals surface area (Å²) in [6.45, 7) is 7.98. The molecule has 0 aromatic carbocycles. The number of unbranched alkanes of at least 4 members (excludes halogenated alkanes) is 3. The lowest BCUT2D eigenvalue weighted by atomic mass is 9.80. The zero-order valence-corrected chi connectivity index (χ0v) is 10.1. The molecule has 0 aromatic rings. The molecular weight excluding hydrogens is 174 g/mol. The first-order chi connectivity index (χ1) is 6.41. The summed E-state index contributed by atoms with van der Waals surface area (Å²) < 4.78 is 0. The van der Waals surface area contributed by atoms with Crippen molar-refractivity contribution in [2.45, 2.75) is 65.8 Å². The van der Waals surface area contributed by atoms with Gasteiger partial charge in [-0.2, -0.15) is 0 Å². The van der Waals surface area contributed by atoms with Crippen molar-refractivity contribution in [2.75, 3.05) is 0 Å². The molecule has 0 bridgehead atoms. The van der Waals surface area contributed by atoms with Crippen LogP contribution in [0.4, 0.5) is 0 Å². The molecule has 1 atom stereocenters. The van der Waals surface area contributed by atoms with E-state index in [0.717, 1.165) is 12.8 Å². The van der Waals surface area contributed by atoms with Gasteiger partial charge in [-0.25, -0.2) is 0 Å². The zero-order valence-electron chi connectivity index (χ0n) is 10.1. The van der Waals surface area contributed by atoms with E-state index in [1.54, 1.807) is 6.92 Å². The second kappa shape index (κ2) is 6.18. The molecule has 0 aliphatic rings. The van der Waals surface area contributed by atoms with Gasteiger partial charge in [0.05, 0.1) is 6.04 Å². The molecule has 0 radical (unpaired) electrons. The van der Waals surface area contributed by atoms with Crippen LogP contribution < -0.4 is 5.73 Å². The number of rotatable bonds is 7. The van der Waals surface area contributed by atoms with Gasteiger partial charge in [0, 0.05) is 5.41 Å². The zero-order chi connectivity index (χ0) is 11.2. The van der Waals surface area contributed by atoms with Crippen LogP contribution in [-0.2, 0) is 4.79 Å². The van der Waals surface area contributed by atoms with Gasteiger partial charge in [0.1, 0.15) is 0 Å². The maximum absolute atomic E-state index is 11.7. The van der Waals surface area contributed by atoms with Crippen LogP contribution in [0.2, 0.25) is 0 Å². The maximum Gasteiger partial charge on any atom is 0.154 e. The van der Waals surface area contributed by atoms with Gasteiger partial charge in [-0.15, -0.1) is 0 Å². The number of Topliss-reactive ketones (excluding diaryl/α,β-unsaturated/α-hetero) is 1. The fraction of sp³-hybridized carbons (Fsp3) is 0.917. The summed E-state index contributed by atoms with van der Waals surface area (Å²) in [5.41, 5.74) is 5.37. The molecule has 0 saturated heterocycles. The fourth-order valence-electron chi connectivity index (χ4n) is 1.73. The molecule has 0 heterocycles. The first-order valence-corrected chi connectivity index (χ1v) is 5.71. The highest BCUT2D eigenvalue weighted by Crippen LogP contribution is 2.26. The molecule has 2 N–H and O–H groups in total. The van der Waals surface area contributed by atoms with Crippen LogP contribution in [0.3, 0.4) is 0 Å². The first-order valence-electron chi connectivity index (χ1n) is 5.71. The van der Waals surface area contributed by atoms with Crippen LogP contribution in [0.5, 0.6) is 0 Å². The Morgan fingerprint density at radius 1 is 1.29 bits per heavy atom. The van der Waals surface area contributed by atoms with Crippen LogP contribution in [-0.4, -0.2) is 11.8 Å². The fourth-order valence-corrected chi connectivity index (χ4v) is 1.73. The largest absolute Gasteiger partial charge is 0.322 e. The van der Waals surface area contributed by atoms with Crippen LogP contribution >= 0.6 is 0 Å². The van der Waals surface area contributed by atoms with E-state index in [4.69, 9.17) is 5.73 Å². The number of hydrogen-bond donors (Lipinski definition) is 1. The van der Waals surface area contributed by atoms with Gasteiger partial charge in [0.15, 0.2) is 5.78 Å². The third-order valence-electron chi connectivity index (χ3n) is 2.74. The Hall–Kier alpha value is -0.370. The maximum atomic E-state index is 11.7. The summed E-state index contributed by atoms with van der Waals surface area (Å²) in [5.74, 6) is 0.189. The lowest BCUT2D eigenvalue weighted by molar-refractivity contribution is -0.128. The lowest BCUT2D eigenvalue weighted by Gasteiger charge is -2.24. The van der Waals surface area contributed by atoms with Gasteiger partial charge in [-0.05, 0) is 13.3 Å². The van der Waals surface area contributed by atoms with Gasteiger partial charge >= 0.3 is 0 Å². The quantitative estimate of drug-likeness (QED) is 0.641. The van der Waals surface area contributed by atoms with Crippen LogP contribution in [0.1, 0.15) is 59.8 Å². The minimum Gasteiger partial charge on any atom is -0.322 e. The predicted molar refractivity (Wildman–Crippen MR) is 61.2 cm³/mol. The molecule has 1 unspecified atom stereocenters. The summed E-state index contributed by atoms with van der Waals surface area (Å²) in [6, 6.07) is -0.323. The highest BCUT2D eigenvalue weighted by Gasteiger charge is 2.28. The van der Waals surface area contributed by atoms with Crippen LogP contribution in [0, 0.1) is 5.41 Å². The van der Waals surface area contributed by atoms with E-state index in [2.05, 4.69) is 6.92 Å². The Labute approximate surface area is 88.3 Å². The van der Waals surface area contributed by atoms with Crippen molar-refractivity contribution in [3.8, 4) is 0 Å². The smallest absolute Gasteiger partial charge is 0.154 e. The molecule has 14 heavy (non-hydrogen) atoms. The van der Waals surface area contributed by atoms with E-state index in [9.17, 15) is 4.79 Å². The minimum atomic E-state index is -0.323. The van der Waals surface area contributed by atoms with E-state index < -0.39 is 0 Å². The van der Waals surface area contributed by atoms with Gasteiger partial charge < -0.3 is 5.73 Å². The standard InChI is InChI=1S/C12H25NO/c1-5-6-7-8-9-12(3,4)11(14)10(2)13/h10H,5-9,13H2,1-4H3. The Kier molecular flexibility index (Phi) is 6.01. The van der Waals surface area contributed by atoms with E-state index in [1.165, 1.54) is 19.3 Å². The van der Waals surface area contributed by atoms with Gasteiger partial charge in [0.25, 0.3) is 0 Å². The monoisotopic (exact) mass is 199 g/mol. The first kappa shape index (κ1) is 13.6. The molecule has 0 fully saturated rings. The summed E-state index contributed by atoms with van der Waals surface area (Å²) in [6.07, 6.45) is 5.84.